The standard InChI is InChI=1S/C9H12F2N2O.C8H12N2O/c1-6(2)8-9(13-4-3-12-8)14-5-7(10)11;1-6(2)7-8(11-3)10-5-4-9-7/h3-4,6-7H,5H2,1-2H3;4-6H,1-3H3. The number of rotatable bonds is 6. The molecule has 0 fully saturated rings. The van der Waals surface area contributed by atoms with Crippen LogP contribution in [0, 0.1) is 0 Å². The van der Waals surface area contributed by atoms with Crippen molar-refractivity contribution < 1.29 is 18.3 Å². The summed E-state index contributed by atoms with van der Waals surface area (Å²) >= 11 is 0. The first-order chi connectivity index (χ1) is 11.9. The quantitative estimate of drug-likeness (QED) is 0.785. The minimum atomic E-state index is -2.49. The van der Waals surface area contributed by atoms with Crippen molar-refractivity contribution in [1.29, 1.82) is 0 Å². The Morgan fingerprint density at radius 2 is 1.24 bits per heavy atom. The van der Waals surface area contributed by atoms with Gasteiger partial charge in [-0.25, -0.2) is 18.7 Å². The van der Waals surface area contributed by atoms with Crippen LogP contribution in [0.15, 0.2) is 24.8 Å². The summed E-state index contributed by atoms with van der Waals surface area (Å²) in [5.41, 5.74) is 1.52. The first-order valence-corrected chi connectivity index (χ1v) is 7.93. The molecule has 0 atom stereocenters. The molecule has 0 saturated heterocycles. The Morgan fingerprint density at radius 1 is 0.800 bits per heavy atom. The zero-order valence-electron chi connectivity index (χ0n) is 15.1. The molecule has 2 aromatic heterocycles. The Balaban J connectivity index is 0.000000257. The van der Waals surface area contributed by atoms with Gasteiger partial charge in [0.15, 0.2) is 6.61 Å². The van der Waals surface area contributed by atoms with Gasteiger partial charge in [-0.3, -0.25) is 9.97 Å². The molecule has 0 saturated carbocycles. The summed E-state index contributed by atoms with van der Waals surface area (Å²) in [7, 11) is 1.61. The number of ether oxygens (including phenoxy) is 2. The van der Waals surface area contributed by atoms with E-state index in [1.807, 2.05) is 13.8 Å². The molecule has 0 N–H and O–H groups in total. The lowest BCUT2D eigenvalue weighted by atomic mass is 10.1. The molecule has 2 aromatic rings. The van der Waals surface area contributed by atoms with Gasteiger partial charge < -0.3 is 9.47 Å². The molecule has 8 heteroatoms. The van der Waals surface area contributed by atoms with Crippen LogP contribution < -0.4 is 9.47 Å². The average Bonchev–Trinajstić information content (AvgIpc) is 2.60. The van der Waals surface area contributed by atoms with Gasteiger partial charge in [-0.05, 0) is 0 Å². The second kappa shape index (κ2) is 10.5. The van der Waals surface area contributed by atoms with E-state index >= 15 is 0 Å². The second-order valence-corrected chi connectivity index (χ2v) is 5.71. The first-order valence-electron chi connectivity index (χ1n) is 7.93. The van der Waals surface area contributed by atoms with Gasteiger partial charge in [-0.2, -0.15) is 0 Å². The van der Waals surface area contributed by atoms with Gasteiger partial charge in [-0.15, -0.1) is 0 Å². The van der Waals surface area contributed by atoms with Crippen molar-refractivity contribution in [2.24, 2.45) is 0 Å². The summed E-state index contributed by atoms with van der Waals surface area (Å²) < 4.78 is 33.6. The largest absolute Gasteiger partial charge is 0.480 e. The van der Waals surface area contributed by atoms with Gasteiger partial charge in [-0.1, -0.05) is 27.7 Å². The van der Waals surface area contributed by atoms with Crippen LogP contribution in [0.4, 0.5) is 8.78 Å². The van der Waals surface area contributed by atoms with Crippen molar-refractivity contribution in [2.45, 2.75) is 46.0 Å². The summed E-state index contributed by atoms with van der Waals surface area (Å²) in [6, 6.07) is 0. The second-order valence-electron chi connectivity index (χ2n) is 5.71. The van der Waals surface area contributed by atoms with Crippen LogP contribution in [0.2, 0.25) is 0 Å². The van der Waals surface area contributed by atoms with Crippen LogP contribution in [-0.2, 0) is 0 Å². The van der Waals surface area contributed by atoms with Crippen molar-refractivity contribution in [1.82, 2.24) is 19.9 Å². The lowest BCUT2D eigenvalue weighted by Gasteiger charge is -2.10. The maximum absolute atomic E-state index is 11.9. The Labute approximate surface area is 146 Å². The molecule has 0 unspecified atom stereocenters. The van der Waals surface area contributed by atoms with Crippen LogP contribution in [0.3, 0.4) is 0 Å². The fraction of sp³-hybridized carbons (Fsp3) is 0.529. The van der Waals surface area contributed by atoms with E-state index in [9.17, 15) is 8.78 Å². The molecular weight excluding hydrogens is 330 g/mol. The number of alkyl halides is 2. The van der Waals surface area contributed by atoms with Crippen molar-refractivity contribution in [3.63, 3.8) is 0 Å². The molecule has 2 rings (SSSR count). The van der Waals surface area contributed by atoms with E-state index in [4.69, 9.17) is 9.47 Å². The molecule has 138 valence electrons. The molecule has 6 nitrogen and oxygen atoms in total. The van der Waals surface area contributed by atoms with Crippen LogP contribution >= 0.6 is 0 Å². The Kier molecular flexibility index (Phi) is 8.66. The lowest BCUT2D eigenvalue weighted by molar-refractivity contribution is 0.0786. The van der Waals surface area contributed by atoms with E-state index in [0.29, 0.717) is 17.5 Å². The maximum Gasteiger partial charge on any atom is 0.272 e. The predicted molar refractivity (Wildman–Crippen MR) is 90.3 cm³/mol. The van der Waals surface area contributed by atoms with Crippen LogP contribution in [-0.4, -0.2) is 40.1 Å². The van der Waals surface area contributed by atoms with Gasteiger partial charge in [0.1, 0.15) is 11.4 Å². The summed E-state index contributed by atoms with van der Waals surface area (Å²) in [6.45, 7) is 7.29. The SMILES string of the molecule is CC(C)c1nccnc1OCC(F)F.COc1nccnc1C(C)C. The molecule has 0 amide bonds. The highest BCUT2D eigenvalue weighted by atomic mass is 19.3. The van der Waals surface area contributed by atoms with E-state index < -0.39 is 13.0 Å². The zero-order valence-corrected chi connectivity index (χ0v) is 15.1. The monoisotopic (exact) mass is 354 g/mol. The van der Waals surface area contributed by atoms with E-state index in [0.717, 1.165) is 5.69 Å². The van der Waals surface area contributed by atoms with Crippen molar-refractivity contribution in [3.8, 4) is 11.8 Å². The summed E-state index contributed by atoms with van der Waals surface area (Å²) in [5, 5.41) is 0. The minimum absolute atomic E-state index is 0.108. The van der Waals surface area contributed by atoms with Gasteiger partial charge in [0.05, 0.1) is 7.11 Å². The number of hydrogen-bond donors (Lipinski definition) is 0. The van der Waals surface area contributed by atoms with Gasteiger partial charge >= 0.3 is 0 Å². The minimum Gasteiger partial charge on any atom is -0.480 e. The van der Waals surface area contributed by atoms with Gasteiger partial charge in [0, 0.05) is 36.6 Å². The molecule has 0 aliphatic carbocycles. The average molecular weight is 354 g/mol. The molecule has 25 heavy (non-hydrogen) atoms. The molecule has 0 aromatic carbocycles. The smallest absolute Gasteiger partial charge is 0.272 e. The summed E-state index contributed by atoms with van der Waals surface area (Å²) in [4.78, 5) is 16.1. The molecular formula is C17H24F2N4O2. The van der Waals surface area contributed by atoms with Crippen LogP contribution in [0.5, 0.6) is 11.8 Å². The van der Waals surface area contributed by atoms with Gasteiger partial charge in [0.2, 0.25) is 11.8 Å². The number of nitrogens with zero attached hydrogens (tertiary/aromatic N) is 4. The Bertz CT molecular complexity index is 640. The van der Waals surface area contributed by atoms with Crippen molar-refractivity contribution >= 4 is 0 Å². The normalized spacial score (nSPS) is 10.6. The van der Waals surface area contributed by atoms with E-state index in [2.05, 4.69) is 33.8 Å². The number of hydrogen-bond acceptors (Lipinski definition) is 6. The third-order valence-electron chi connectivity index (χ3n) is 3.02. The molecule has 0 aliphatic heterocycles. The first kappa shape index (κ1) is 20.7. The molecule has 0 aliphatic rings. The van der Waals surface area contributed by atoms with Gasteiger partial charge in [0.25, 0.3) is 6.43 Å². The summed E-state index contributed by atoms with van der Waals surface area (Å²) in [5.74, 6) is 1.29. The highest BCUT2D eigenvalue weighted by Gasteiger charge is 2.12. The van der Waals surface area contributed by atoms with Crippen molar-refractivity contribution in [2.75, 3.05) is 13.7 Å². The molecule has 0 spiro atoms. The van der Waals surface area contributed by atoms with E-state index in [1.54, 1.807) is 19.5 Å². The number of halogens is 2. The van der Waals surface area contributed by atoms with E-state index in [1.165, 1.54) is 12.4 Å². The fourth-order valence-electron chi connectivity index (χ4n) is 1.87. The van der Waals surface area contributed by atoms with Crippen LogP contribution in [0.1, 0.15) is 50.9 Å². The predicted octanol–water partition coefficient (Wildman–Crippen LogP) is 3.85. The summed E-state index contributed by atoms with van der Waals surface area (Å²) in [6.07, 6.45) is 3.76. The molecule has 2 heterocycles. The number of aromatic nitrogens is 4. The highest BCUT2D eigenvalue weighted by Crippen LogP contribution is 2.21. The topological polar surface area (TPSA) is 70.0 Å². The Hall–Kier alpha value is -2.38. The lowest BCUT2D eigenvalue weighted by Crippen LogP contribution is -2.10. The maximum atomic E-state index is 11.9. The van der Waals surface area contributed by atoms with Crippen LogP contribution in [0.25, 0.3) is 0 Å². The third-order valence-corrected chi connectivity index (χ3v) is 3.02. The zero-order chi connectivity index (χ0) is 18.8. The third kappa shape index (κ3) is 6.94. The fourth-order valence-corrected chi connectivity index (χ4v) is 1.87. The van der Waals surface area contributed by atoms with E-state index in [-0.39, 0.29) is 11.8 Å². The number of methoxy groups -OCH3 is 1. The molecule has 0 radical (unpaired) electrons. The van der Waals surface area contributed by atoms with Crippen molar-refractivity contribution in [3.05, 3.63) is 36.2 Å². The Morgan fingerprint density at radius 3 is 1.64 bits per heavy atom. The molecule has 0 bridgehead atoms. The highest BCUT2D eigenvalue weighted by molar-refractivity contribution is 5.20.